The number of carbonyl (C=O) groups excluding carboxylic acids is 2. The summed E-state index contributed by atoms with van der Waals surface area (Å²) in [5.74, 6) is 5.04. The molecule has 2 heterocycles. The molecule has 1 fully saturated rings. The Hall–Kier alpha value is -1.86. The minimum absolute atomic E-state index is 0.0910. The van der Waals surface area contributed by atoms with Gasteiger partial charge in [-0.05, 0) is 25.1 Å². The van der Waals surface area contributed by atoms with Crippen molar-refractivity contribution in [3.05, 3.63) is 23.7 Å². The molecule has 2 rings (SSSR count). The van der Waals surface area contributed by atoms with E-state index in [4.69, 9.17) is 16.0 Å². The molecule has 2 amide bonds. The third-order valence-corrected chi connectivity index (χ3v) is 3.07. The molecule has 1 aliphatic heterocycles. The van der Waals surface area contributed by atoms with E-state index in [1.807, 2.05) is 5.43 Å². The Kier molecular flexibility index (Phi) is 3.63. The van der Waals surface area contributed by atoms with Crippen LogP contribution in [0, 0.1) is 5.92 Å². The maximum absolute atomic E-state index is 11.2. The van der Waals surface area contributed by atoms with Gasteiger partial charge in [-0.3, -0.25) is 19.9 Å². The van der Waals surface area contributed by atoms with E-state index >= 15 is 0 Å². The third-order valence-electron chi connectivity index (χ3n) is 3.07. The van der Waals surface area contributed by atoms with Gasteiger partial charge in [-0.25, -0.2) is 5.84 Å². The van der Waals surface area contributed by atoms with Gasteiger partial charge in [0, 0.05) is 6.54 Å². The van der Waals surface area contributed by atoms with E-state index in [0.29, 0.717) is 18.8 Å². The number of primary amides is 1. The number of hydrogen-bond acceptors (Lipinski definition) is 5. The number of rotatable bonds is 4. The molecular formula is C11H16N4O3. The fourth-order valence-corrected chi connectivity index (χ4v) is 2.08. The first kappa shape index (κ1) is 12.6. The number of nitrogens with two attached hydrogens (primary N) is 2. The molecular weight excluding hydrogens is 236 g/mol. The standard InChI is InChI=1S/C11H16N4O3/c12-10(16)7-3-4-15(5-7)6-8-1-2-9(18-8)11(17)14-13/h1-2,7H,3-6,13H2,(H2,12,16)(H,14,17). The average molecular weight is 252 g/mol. The minimum atomic E-state index is -0.460. The van der Waals surface area contributed by atoms with Crippen molar-refractivity contribution in [1.82, 2.24) is 10.3 Å². The molecule has 1 aromatic heterocycles. The number of nitrogens with one attached hydrogen (secondary N) is 1. The molecule has 1 atom stereocenters. The second kappa shape index (κ2) is 5.19. The summed E-state index contributed by atoms with van der Waals surface area (Å²) in [6.07, 6.45) is 0.770. The molecule has 0 spiro atoms. The van der Waals surface area contributed by atoms with Gasteiger partial charge in [0.05, 0.1) is 12.5 Å². The Balaban J connectivity index is 1.93. The van der Waals surface area contributed by atoms with Gasteiger partial charge in [0.1, 0.15) is 5.76 Å². The highest BCUT2D eigenvalue weighted by Gasteiger charge is 2.27. The zero-order valence-corrected chi connectivity index (χ0v) is 9.89. The van der Waals surface area contributed by atoms with E-state index in [0.717, 1.165) is 13.0 Å². The molecule has 7 heteroatoms. The maximum atomic E-state index is 11.2. The summed E-state index contributed by atoms with van der Waals surface area (Å²) in [5, 5.41) is 0. The fourth-order valence-electron chi connectivity index (χ4n) is 2.08. The van der Waals surface area contributed by atoms with Crippen LogP contribution in [0.4, 0.5) is 0 Å². The van der Waals surface area contributed by atoms with Gasteiger partial charge in [-0.1, -0.05) is 0 Å². The van der Waals surface area contributed by atoms with Crippen LogP contribution in [0.5, 0.6) is 0 Å². The van der Waals surface area contributed by atoms with Gasteiger partial charge in [-0.15, -0.1) is 0 Å². The lowest BCUT2D eigenvalue weighted by Gasteiger charge is -2.12. The van der Waals surface area contributed by atoms with Crippen LogP contribution in [0.2, 0.25) is 0 Å². The van der Waals surface area contributed by atoms with E-state index in [2.05, 4.69) is 4.90 Å². The van der Waals surface area contributed by atoms with Crippen molar-refractivity contribution >= 4 is 11.8 Å². The Bertz CT molecular complexity index is 457. The second-order valence-corrected chi connectivity index (χ2v) is 4.36. The zero-order chi connectivity index (χ0) is 13.1. The Morgan fingerprint density at radius 3 is 2.89 bits per heavy atom. The number of furan rings is 1. The van der Waals surface area contributed by atoms with Crippen molar-refractivity contribution in [3.8, 4) is 0 Å². The monoisotopic (exact) mass is 252 g/mol. The van der Waals surface area contributed by atoms with E-state index in [1.165, 1.54) is 0 Å². The molecule has 1 aliphatic rings. The summed E-state index contributed by atoms with van der Waals surface area (Å²) in [4.78, 5) is 24.3. The number of nitrogen functional groups attached to an aromatic ring is 1. The predicted octanol–water partition coefficient (Wildman–Crippen LogP) is -0.810. The van der Waals surface area contributed by atoms with Crippen LogP contribution in [0.25, 0.3) is 0 Å². The Morgan fingerprint density at radius 2 is 2.28 bits per heavy atom. The molecule has 98 valence electrons. The minimum Gasteiger partial charge on any atom is -0.455 e. The van der Waals surface area contributed by atoms with Gasteiger partial charge in [0.25, 0.3) is 0 Å². The largest absolute Gasteiger partial charge is 0.455 e. The number of hydrazine groups is 1. The Morgan fingerprint density at radius 1 is 1.50 bits per heavy atom. The quantitative estimate of drug-likeness (QED) is 0.368. The fraction of sp³-hybridized carbons (Fsp3) is 0.455. The first-order chi connectivity index (χ1) is 8.60. The predicted molar refractivity (Wildman–Crippen MR) is 62.9 cm³/mol. The smallest absolute Gasteiger partial charge is 0.300 e. The first-order valence-corrected chi connectivity index (χ1v) is 5.71. The lowest BCUT2D eigenvalue weighted by atomic mass is 10.1. The topological polar surface area (TPSA) is 115 Å². The lowest BCUT2D eigenvalue weighted by Crippen LogP contribution is -2.29. The molecule has 0 bridgehead atoms. The molecule has 0 radical (unpaired) electrons. The van der Waals surface area contributed by atoms with Crippen molar-refractivity contribution < 1.29 is 14.0 Å². The zero-order valence-electron chi connectivity index (χ0n) is 9.89. The average Bonchev–Trinajstić information content (AvgIpc) is 2.98. The van der Waals surface area contributed by atoms with E-state index in [-0.39, 0.29) is 17.6 Å². The van der Waals surface area contributed by atoms with Crippen LogP contribution in [-0.2, 0) is 11.3 Å². The number of carbonyl (C=O) groups is 2. The van der Waals surface area contributed by atoms with Crippen LogP contribution in [0.3, 0.4) is 0 Å². The number of amides is 2. The number of likely N-dealkylation sites (tertiary alicyclic amines) is 1. The summed E-state index contributed by atoms with van der Waals surface area (Å²) < 4.78 is 5.34. The molecule has 1 aromatic rings. The van der Waals surface area contributed by atoms with E-state index in [9.17, 15) is 9.59 Å². The summed E-state index contributed by atoms with van der Waals surface area (Å²) >= 11 is 0. The van der Waals surface area contributed by atoms with Crippen molar-refractivity contribution in [2.75, 3.05) is 13.1 Å². The number of nitrogens with zero attached hydrogens (tertiary/aromatic N) is 1. The summed E-state index contributed by atoms with van der Waals surface area (Å²) in [5.41, 5.74) is 7.26. The van der Waals surface area contributed by atoms with Gasteiger partial charge >= 0.3 is 5.91 Å². The normalized spacial score (nSPS) is 19.9. The molecule has 1 unspecified atom stereocenters. The van der Waals surface area contributed by atoms with Crippen LogP contribution >= 0.6 is 0 Å². The van der Waals surface area contributed by atoms with Gasteiger partial charge < -0.3 is 10.2 Å². The highest BCUT2D eigenvalue weighted by atomic mass is 16.4. The molecule has 1 saturated heterocycles. The third kappa shape index (κ3) is 2.69. The molecule has 0 aromatic carbocycles. The highest BCUT2D eigenvalue weighted by molar-refractivity contribution is 5.90. The van der Waals surface area contributed by atoms with Crippen LogP contribution in [-0.4, -0.2) is 29.8 Å². The summed E-state index contributed by atoms with van der Waals surface area (Å²) in [7, 11) is 0. The van der Waals surface area contributed by atoms with Gasteiger partial charge in [0.2, 0.25) is 5.91 Å². The Labute approximate surface area is 104 Å². The highest BCUT2D eigenvalue weighted by Crippen LogP contribution is 2.19. The van der Waals surface area contributed by atoms with Crippen LogP contribution < -0.4 is 17.0 Å². The first-order valence-electron chi connectivity index (χ1n) is 5.71. The summed E-state index contributed by atoms with van der Waals surface area (Å²) in [6, 6.07) is 3.29. The van der Waals surface area contributed by atoms with Crippen LogP contribution in [0.1, 0.15) is 22.7 Å². The van der Waals surface area contributed by atoms with Crippen molar-refractivity contribution in [1.29, 1.82) is 0 Å². The molecule has 5 N–H and O–H groups in total. The van der Waals surface area contributed by atoms with Crippen molar-refractivity contribution in [3.63, 3.8) is 0 Å². The molecule has 0 aliphatic carbocycles. The maximum Gasteiger partial charge on any atom is 0.300 e. The van der Waals surface area contributed by atoms with Gasteiger partial charge in [0.15, 0.2) is 5.76 Å². The lowest BCUT2D eigenvalue weighted by molar-refractivity contribution is -0.121. The van der Waals surface area contributed by atoms with Crippen molar-refractivity contribution in [2.45, 2.75) is 13.0 Å². The van der Waals surface area contributed by atoms with Gasteiger partial charge in [-0.2, -0.15) is 0 Å². The van der Waals surface area contributed by atoms with Crippen molar-refractivity contribution in [2.24, 2.45) is 17.5 Å². The van der Waals surface area contributed by atoms with Crippen LogP contribution in [0.15, 0.2) is 16.5 Å². The molecule has 7 nitrogen and oxygen atoms in total. The van der Waals surface area contributed by atoms with E-state index in [1.54, 1.807) is 12.1 Å². The molecule has 0 saturated carbocycles. The number of hydrogen-bond donors (Lipinski definition) is 3. The van der Waals surface area contributed by atoms with E-state index < -0.39 is 5.91 Å². The summed E-state index contributed by atoms with van der Waals surface area (Å²) in [6.45, 7) is 1.99. The SMILES string of the molecule is NNC(=O)c1ccc(CN2CCC(C(N)=O)C2)o1. The second-order valence-electron chi connectivity index (χ2n) is 4.36. The molecule has 18 heavy (non-hydrogen) atoms.